The van der Waals surface area contributed by atoms with E-state index in [0.29, 0.717) is 8.67 Å². The monoisotopic (exact) mass is 293 g/mol. The summed E-state index contributed by atoms with van der Waals surface area (Å²) in [6.45, 7) is 1.91. The highest BCUT2D eigenvalue weighted by molar-refractivity contribution is 7.20. The van der Waals surface area contributed by atoms with Gasteiger partial charge < -0.3 is 5.11 Å². The fraction of sp³-hybridized carbons (Fsp3) is 0.545. The minimum atomic E-state index is -0.795. The number of nitrogens with one attached hydrogen (secondary N) is 1. The van der Waals surface area contributed by atoms with Crippen molar-refractivity contribution >= 4 is 40.5 Å². The fourth-order valence-corrected chi connectivity index (χ4v) is 3.49. The van der Waals surface area contributed by atoms with E-state index in [2.05, 4.69) is 5.32 Å². The van der Waals surface area contributed by atoms with Crippen molar-refractivity contribution in [3.8, 4) is 0 Å². The van der Waals surface area contributed by atoms with Crippen LogP contribution in [0.5, 0.6) is 0 Å². The summed E-state index contributed by atoms with van der Waals surface area (Å²) in [5.74, 6) is -0.542. The van der Waals surface area contributed by atoms with Crippen LogP contribution in [0.2, 0.25) is 8.67 Å². The lowest BCUT2D eigenvalue weighted by molar-refractivity contribution is -0.140. The number of hydrogen-bond donors (Lipinski definition) is 2. The van der Waals surface area contributed by atoms with Gasteiger partial charge in [0.2, 0.25) is 0 Å². The molecular weight excluding hydrogens is 281 g/mol. The summed E-state index contributed by atoms with van der Waals surface area (Å²) in [6.07, 6.45) is 1.96. The van der Waals surface area contributed by atoms with E-state index in [9.17, 15) is 4.79 Å². The Hall–Kier alpha value is -0.290. The lowest BCUT2D eigenvalue weighted by Crippen LogP contribution is -2.39. The van der Waals surface area contributed by atoms with E-state index in [1.165, 1.54) is 11.3 Å². The number of carboxylic acid groups (broad SMARTS) is 1. The molecule has 0 amide bonds. The van der Waals surface area contributed by atoms with Crippen LogP contribution < -0.4 is 5.32 Å². The molecule has 0 bridgehead atoms. The Morgan fingerprint density at radius 3 is 2.65 bits per heavy atom. The molecule has 2 rings (SSSR count). The minimum absolute atomic E-state index is 0.104. The normalized spacial score (nSPS) is 19.0. The zero-order valence-electron chi connectivity index (χ0n) is 9.24. The molecule has 2 unspecified atom stereocenters. The topological polar surface area (TPSA) is 49.3 Å². The number of carboxylic acids is 1. The van der Waals surface area contributed by atoms with Gasteiger partial charge in [-0.25, -0.2) is 0 Å². The van der Waals surface area contributed by atoms with E-state index < -0.39 is 12.0 Å². The van der Waals surface area contributed by atoms with Crippen LogP contribution in [0.1, 0.15) is 31.4 Å². The molecule has 94 valence electrons. The summed E-state index contributed by atoms with van der Waals surface area (Å²) in [5, 5.41) is 12.2. The number of carbonyl (C=O) groups is 1. The molecule has 2 atom stereocenters. The highest BCUT2D eigenvalue weighted by Gasteiger charge is 2.37. The molecule has 1 aliphatic rings. The summed E-state index contributed by atoms with van der Waals surface area (Å²) in [6, 6.07) is 1.20. The highest BCUT2D eigenvalue weighted by atomic mass is 35.5. The van der Waals surface area contributed by atoms with Crippen LogP contribution in [0.25, 0.3) is 0 Å². The largest absolute Gasteiger partial charge is 0.480 e. The van der Waals surface area contributed by atoms with Crippen molar-refractivity contribution in [3.63, 3.8) is 0 Å². The molecule has 6 heteroatoms. The second-order valence-electron chi connectivity index (χ2n) is 4.32. The SMILES string of the molecule is CC(NC(C(=O)O)C1CC1)c1cc(Cl)sc1Cl. The molecule has 17 heavy (non-hydrogen) atoms. The summed E-state index contributed by atoms with van der Waals surface area (Å²) in [5.41, 5.74) is 0.869. The highest BCUT2D eigenvalue weighted by Crippen LogP contribution is 2.37. The standard InChI is InChI=1S/C11H13Cl2NO2S/c1-5(7-4-8(12)17-10(7)13)14-9(11(15)16)6-2-3-6/h4-6,9,14H,2-3H2,1H3,(H,15,16). The third-order valence-corrected chi connectivity index (χ3v) is 4.46. The molecule has 1 aromatic rings. The maximum atomic E-state index is 11.1. The number of halogens is 2. The first kappa shape index (κ1) is 13.1. The van der Waals surface area contributed by atoms with Crippen molar-refractivity contribution in [1.82, 2.24) is 5.32 Å². The second-order valence-corrected chi connectivity index (χ2v) is 6.61. The summed E-state index contributed by atoms with van der Waals surface area (Å²) < 4.78 is 1.24. The molecule has 2 N–H and O–H groups in total. The van der Waals surface area contributed by atoms with Crippen LogP contribution in [0.3, 0.4) is 0 Å². The predicted molar refractivity (Wildman–Crippen MR) is 70.0 cm³/mol. The lowest BCUT2D eigenvalue weighted by Gasteiger charge is -2.19. The predicted octanol–water partition coefficient (Wildman–Crippen LogP) is 3.57. The van der Waals surface area contributed by atoms with E-state index >= 15 is 0 Å². The Balaban J connectivity index is 2.07. The zero-order valence-corrected chi connectivity index (χ0v) is 11.6. The summed E-state index contributed by atoms with van der Waals surface area (Å²) >= 11 is 13.2. The molecule has 1 fully saturated rings. The van der Waals surface area contributed by atoms with Gasteiger partial charge in [-0.05, 0) is 37.3 Å². The van der Waals surface area contributed by atoms with E-state index in [0.717, 1.165) is 18.4 Å². The van der Waals surface area contributed by atoms with Gasteiger partial charge in [-0.15, -0.1) is 11.3 Å². The quantitative estimate of drug-likeness (QED) is 0.873. The van der Waals surface area contributed by atoms with Crippen LogP contribution in [-0.4, -0.2) is 17.1 Å². The van der Waals surface area contributed by atoms with Crippen molar-refractivity contribution in [3.05, 3.63) is 20.3 Å². The third kappa shape index (κ3) is 3.13. The van der Waals surface area contributed by atoms with Crippen molar-refractivity contribution in [1.29, 1.82) is 0 Å². The van der Waals surface area contributed by atoms with Crippen molar-refractivity contribution in [2.75, 3.05) is 0 Å². The van der Waals surface area contributed by atoms with Crippen LogP contribution in [-0.2, 0) is 4.79 Å². The summed E-state index contributed by atoms with van der Waals surface area (Å²) in [4.78, 5) is 11.1. The zero-order chi connectivity index (χ0) is 12.6. The Labute approximate surface area is 114 Å². The van der Waals surface area contributed by atoms with Crippen molar-refractivity contribution < 1.29 is 9.90 Å². The first-order valence-corrected chi connectivity index (χ1v) is 7.00. The third-order valence-electron chi connectivity index (χ3n) is 2.94. The number of hydrogen-bond acceptors (Lipinski definition) is 3. The van der Waals surface area contributed by atoms with Gasteiger partial charge in [0.1, 0.15) is 6.04 Å². The van der Waals surface area contributed by atoms with E-state index in [1.54, 1.807) is 6.07 Å². The van der Waals surface area contributed by atoms with Crippen LogP contribution in [0.4, 0.5) is 0 Å². The fourth-order valence-electron chi connectivity index (χ4n) is 1.85. The first-order valence-electron chi connectivity index (χ1n) is 5.42. The molecule has 1 saturated carbocycles. The Bertz CT molecular complexity index is 431. The first-order chi connectivity index (χ1) is 7.99. The maximum absolute atomic E-state index is 11.1. The van der Waals surface area contributed by atoms with Crippen LogP contribution >= 0.6 is 34.5 Å². The summed E-state index contributed by atoms with van der Waals surface area (Å²) in [7, 11) is 0. The van der Waals surface area contributed by atoms with Gasteiger partial charge in [-0.3, -0.25) is 10.1 Å². The van der Waals surface area contributed by atoms with E-state index in [4.69, 9.17) is 28.3 Å². The number of thiophene rings is 1. The average Bonchev–Trinajstić information content (AvgIpc) is 3.00. The van der Waals surface area contributed by atoms with Gasteiger partial charge in [-0.2, -0.15) is 0 Å². The molecular formula is C11H13Cl2NO2S. The second kappa shape index (κ2) is 5.14. The molecule has 3 nitrogen and oxygen atoms in total. The molecule has 0 aliphatic heterocycles. The molecule has 1 heterocycles. The molecule has 0 spiro atoms. The lowest BCUT2D eigenvalue weighted by atomic mass is 10.1. The molecule has 1 aromatic heterocycles. The average molecular weight is 294 g/mol. The van der Waals surface area contributed by atoms with Crippen LogP contribution in [0, 0.1) is 5.92 Å². The molecule has 0 radical (unpaired) electrons. The van der Waals surface area contributed by atoms with E-state index in [1.807, 2.05) is 6.92 Å². The van der Waals surface area contributed by atoms with Crippen molar-refractivity contribution in [2.24, 2.45) is 5.92 Å². The van der Waals surface area contributed by atoms with Gasteiger partial charge in [-0.1, -0.05) is 23.2 Å². The molecule has 1 aliphatic carbocycles. The van der Waals surface area contributed by atoms with Gasteiger partial charge in [0.05, 0.1) is 8.67 Å². The number of aliphatic carboxylic acids is 1. The molecule has 0 saturated heterocycles. The van der Waals surface area contributed by atoms with Crippen LogP contribution in [0.15, 0.2) is 6.07 Å². The maximum Gasteiger partial charge on any atom is 0.320 e. The molecule has 0 aromatic carbocycles. The smallest absolute Gasteiger partial charge is 0.320 e. The minimum Gasteiger partial charge on any atom is -0.480 e. The van der Waals surface area contributed by atoms with Gasteiger partial charge >= 0.3 is 5.97 Å². The van der Waals surface area contributed by atoms with Crippen molar-refractivity contribution in [2.45, 2.75) is 31.8 Å². The van der Waals surface area contributed by atoms with Gasteiger partial charge in [0.25, 0.3) is 0 Å². The number of rotatable bonds is 5. The Kier molecular flexibility index (Phi) is 3.98. The van der Waals surface area contributed by atoms with E-state index in [-0.39, 0.29) is 12.0 Å². The Morgan fingerprint density at radius 1 is 1.59 bits per heavy atom. The Morgan fingerprint density at radius 2 is 2.24 bits per heavy atom. The van der Waals surface area contributed by atoms with Gasteiger partial charge in [0.15, 0.2) is 0 Å². The van der Waals surface area contributed by atoms with Gasteiger partial charge in [0, 0.05) is 6.04 Å².